The largest absolute Gasteiger partial charge is 0.349 e. The van der Waals surface area contributed by atoms with Crippen LogP contribution >= 0.6 is 11.6 Å². The van der Waals surface area contributed by atoms with Crippen LogP contribution in [0.3, 0.4) is 0 Å². The Morgan fingerprint density at radius 2 is 1.85 bits per heavy atom. The molecule has 2 aromatic heterocycles. The number of aromatic nitrogens is 2. The molecule has 1 amide bonds. The Labute approximate surface area is 160 Å². The number of nitrogens with zero attached hydrogens (tertiary/aromatic N) is 1. The quantitative estimate of drug-likeness (QED) is 0.531. The topological polar surface area (TPSA) is 57.8 Å². The van der Waals surface area contributed by atoms with E-state index in [4.69, 9.17) is 11.6 Å². The molecule has 0 aliphatic rings. The van der Waals surface area contributed by atoms with Crippen LogP contribution in [0.2, 0.25) is 5.02 Å². The third-order valence-electron chi connectivity index (χ3n) is 4.32. The van der Waals surface area contributed by atoms with E-state index in [1.807, 2.05) is 48.5 Å². The van der Waals surface area contributed by atoms with E-state index in [1.54, 1.807) is 12.3 Å². The molecule has 4 aromatic rings. The van der Waals surface area contributed by atoms with Crippen molar-refractivity contribution in [1.29, 1.82) is 0 Å². The van der Waals surface area contributed by atoms with Gasteiger partial charge in [0.2, 0.25) is 0 Å². The second-order valence-electron chi connectivity index (χ2n) is 6.08. The zero-order valence-corrected chi connectivity index (χ0v) is 14.9. The molecule has 0 aliphatic heterocycles. The molecule has 0 radical (unpaired) electrons. The van der Waals surface area contributed by atoms with E-state index in [0.29, 0.717) is 16.6 Å². The molecule has 2 N–H and O–H groups in total. The predicted molar refractivity (Wildman–Crippen MR) is 103 cm³/mol. The van der Waals surface area contributed by atoms with Crippen molar-refractivity contribution >= 4 is 28.4 Å². The van der Waals surface area contributed by atoms with Crippen LogP contribution in [0.15, 0.2) is 72.9 Å². The lowest BCUT2D eigenvalue weighted by Gasteiger charge is -2.18. The minimum Gasteiger partial charge on any atom is -0.349 e. The van der Waals surface area contributed by atoms with Crippen LogP contribution in [0.25, 0.3) is 10.9 Å². The fourth-order valence-electron chi connectivity index (χ4n) is 3.01. The van der Waals surface area contributed by atoms with Gasteiger partial charge in [-0.15, -0.1) is 0 Å². The van der Waals surface area contributed by atoms with E-state index >= 15 is 0 Å². The van der Waals surface area contributed by atoms with Gasteiger partial charge in [-0.3, -0.25) is 9.78 Å². The third-order valence-corrected chi connectivity index (χ3v) is 4.71. The number of hydrogen-bond donors (Lipinski definition) is 2. The first kappa shape index (κ1) is 17.2. The second-order valence-corrected chi connectivity index (χ2v) is 6.45. The molecule has 0 aliphatic carbocycles. The molecule has 1 unspecified atom stereocenters. The molecule has 0 saturated heterocycles. The number of halogens is 2. The van der Waals surface area contributed by atoms with Crippen molar-refractivity contribution in [3.63, 3.8) is 0 Å². The average molecular weight is 380 g/mol. The predicted octanol–water partition coefficient (Wildman–Crippen LogP) is 4.87. The lowest BCUT2D eigenvalue weighted by atomic mass is 10.0. The van der Waals surface area contributed by atoms with E-state index in [2.05, 4.69) is 15.3 Å². The summed E-state index contributed by atoms with van der Waals surface area (Å²) >= 11 is 6.33. The monoisotopic (exact) mass is 379 g/mol. The van der Waals surface area contributed by atoms with Crippen molar-refractivity contribution in [2.24, 2.45) is 0 Å². The lowest BCUT2D eigenvalue weighted by molar-refractivity contribution is 0.0938. The number of nitrogens with one attached hydrogen (secondary N) is 2. The van der Waals surface area contributed by atoms with Gasteiger partial charge >= 0.3 is 0 Å². The molecular formula is C21H15ClFN3O. The highest BCUT2D eigenvalue weighted by Crippen LogP contribution is 2.29. The van der Waals surface area contributed by atoms with E-state index in [-0.39, 0.29) is 10.7 Å². The summed E-state index contributed by atoms with van der Waals surface area (Å²) in [5.74, 6) is -0.804. The second kappa shape index (κ2) is 7.21. The van der Waals surface area contributed by atoms with Gasteiger partial charge in [-0.25, -0.2) is 4.39 Å². The Morgan fingerprint density at radius 3 is 2.59 bits per heavy atom. The van der Waals surface area contributed by atoms with E-state index in [9.17, 15) is 9.18 Å². The smallest absolute Gasteiger partial charge is 0.270 e. The Morgan fingerprint density at radius 1 is 1.07 bits per heavy atom. The molecule has 6 heteroatoms. The highest BCUT2D eigenvalue weighted by molar-refractivity contribution is 6.38. The summed E-state index contributed by atoms with van der Waals surface area (Å²) in [6, 6.07) is 18.8. The van der Waals surface area contributed by atoms with Gasteiger partial charge < -0.3 is 10.3 Å². The summed E-state index contributed by atoms with van der Waals surface area (Å²) in [5, 5.41) is 3.63. The van der Waals surface area contributed by atoms with E-state index in [0.717, 1.165) is 5.56 Å². The number of pyridine rings is 1. The van der Waals surface area contributed by atoms with Gasteiger partial charge in [0, 0.05) is 17.1 Å². The first-order chi connectivity index (χ1) is 13.1. The number of fused-ring (bicyclic) bond motifs is 1. The number of H-pyrrole nitrogens is 1. The maximum atomic E-state index is 13.5. The number of aromatic amines is 1. The summed E-state index contributed by atoms with van der Waals surface area (Å²) in [6.45, 7) is 0. The van der Waals surface area contributed by atoms with Gasteiger partial charge in [0.05, 0.1) is 16.8 Å². The van der Waals surface area contributed by atoms with Crippen LogP contribution in [0.1, 0.15) is 27.8 Å². The number of carbonyl (C=O) groups is 1. The fraction of sp³-hybridized carbons (Fsp3) is 0.0476. The van der Waals surface area contributed by atoms with Crippen LogP contribution in [-0.4, -0.2) is 15.9 Å². The van der Waals surface area contributed by atoms with Crippen molar-refractivity contribution in [2.75, 3.05) is 0 Å². The van der Waals surface area contributed by atoms with Gasteiger partial charge in [-0.1, -0.05) is 48.0 Å². The van der Waals surface area contributed by atoms with Crippen LogP contribution in [0.4, 0.5) is 4.39 Å². The third kappa shape index (κ3) is 3.41. The molecule has 2 heterocycles. The summed E-state index contributed by atoms with van der Waals surface area (Å²) in [7, 11) is 0. The molecule has 0 bridgehead atoms. The van der Waals surface area contributed by atoms with Crippen LogP contribution in [0, 0.1) is 5.82 Å². The normalized spacial score (nSPS) is 12.1. The number of hydrogen-bond acceptors (Lipinski definition) is 2. The molecule has 0 fully saturated rings. The molecule has 4 nitrogen and oxygen atoms in total. The minimum atomic E-state index is -0.445. The highest BCUT2D eigenvalue weighted by atomic mass is 35.5. The van der Waals surface area contributed by atoms with Gasteiger partial charge in [-0.05, 0) is 35.9 Å². The van der Waals surface area contributed by atoms with Gasteiger partial charge in [0.1, 0.15) is 11.5 Å². The highest BCUT2D eigenvalue weighted by Gasteiger charge is 2.22. The number of rotatable bonds is 4. The lowest BCUT2D eigenvalue weighted by Crippen LogP contribution is -2.30. The summed E-state index contributed by atoms with van der Waals surface area (Å²) in [5.41, 5.74) is 2.38. The zero-order chi connectivity index (χ0) is 18.8. The Balaban J connectivity index is 1.71. The molecule has 0 spiro atoms. The molecule has 0 saturated carbocycles. The van der Waals surface area contributed by atoms with Crippen molar-refractivity contribution in [3.05, 3.63) is 101 Å². The van der Waals surface area contributed by atoms with Gasteiger partial charge in [0.15, 0.2) is 0 Å². The summed E-state index contributed by atoms with van der Waals surface area (Å²) in [6.07, 6.45) is 1.68. The Kier molecular flexibility index (Phi) is 4.60. The van der Waals surface area contributed by atoms with Crippen LogP contribution in [-0.2, 0) is 0 Å². The summed E-state index contributed by atoms with van der Waals surface area (Å²) < 4.78 is 13.5. The van der Waals surface area contributed by atoms with Crippen molar-refractivity contribution < 1.29 is 9.18 Å². The van der Waals surface area contributed by atoms with Crippen molar-refractivity contribution in [2.45, 2.75) is 6.04 Å². The maximum absolute atomic E-state index is 13.5. The average Bonchev–Trinajstić information content (AvgIpc) is 3.03. The molecular weight excluding hydrogens is 365 g/mol. The SMILES string of the molecule is O=C(NC(c1ccccc1)c1ccccn1)c1[nH]c2ccc(F)cc2c1Cl. The molecule has 2 aromatic carbocycles. The van der Waals surface area contributed by atoms with Crippen LogP contribution in [0.5, 0.6) is 0 Å². The van der Waals surface area contributed by atoms with Gasteiger partial charge in [-0.2, -0.15) is 0 Å². The van der Waals surface area contributed by atoms with Crippen molar-refractivity contribution in [1.82, 2.24) is 15.3 Å². The van der Waals surface area contributed by atoms with E-state index < -0.39 is 17.8 Å². The van der Waals surface area contributed by atoms with Crippen molar-refractivity contribution in [3.8, 4) is 0 Å². The zero-order valence-electron chi connectivity index (χ0n) is 14.1. The first-order valence-corrected chi connectivity index (χ1v) is 8.75. The number of carbonyl (C=O) groups excluding carboxylic acids is 1. The number of amides is 1. The minimum absolute atomic E-state index is 0.189. The van der Waals surface area contributed by atoms with Crippen LogP contribution < -0.4 is 5.32 Å². The molecule has 27 heavy (non-hydrogen) atoms. The molecule has 4 rings (SSSR count). The van der Waals surface area contributed by atoms with Gasteiger partial charge in [0.25, 0.3) is 5.91 Å². The number of benzene rings is 2. The first-order valence-electron chi connectivity index (χ1n) is 8.37. The summed E-state index contributed by atoms with van der Waals surface area (Å²) in [4.78, 5) is 20.3. The standard InChI is InChI=1S/C21H15ClFN3O/c22-18-15-12-14(23)9-10-16(15)25-20(18)21(27)26-19(13-6-2-1-3-7-13)17-8-4-5-11-24-17/h1-12,19,25H,(H,26,27). The maximum Gasteiger partial charge on any atom is 0.270 e. The Bertz CT molecular complexity index is 1060. The Hall–Kier alpha value is -3.18. The molecule has 1 atom stereocenters. The fourth-order valence-corrected chi connectivity index (χ4v) is 3.30. The molecule has 134 valence electrons. The van der Waals surface area contributed by atoms with E-state index in [1.165, 1.54) is 12.1 Å².